The maximum atomic E-state index is 6.05. The monoisotopic (exact) mass is 362 g/mol. The minimum Gasteiger partial charge on any atom is -0.497 e. The SMILES string of the molecule is COc1cccc(COc2c(C=NNc3ccccc3)cccc2OC)c1. The summed E-state index contributed by atoms with van der Waals surface area (Å²) >= 11 is 0. The zero-order valence-corrected chi connectivity index (χ0v) is 15.4. The molecule has 0 aliphatic heterocycles. The van der Waals surface area contributed by atoms with Gasteiger partial charge in [-0.3, -0.25) is 5.43 Å². The highest BCUT2D eigenvalue weighted by molar-refractivity contribution is 5.85. The van der Waals surface area contributed by atoms with Crippen LogP contribution in [0, 0.1) is 0 Å². The van der Waals surface area contributed by atoms with E-state index >= 15 is 0 Å². The molecule has 0 aliphatic carbocycles. The zero-order chi connectivity index (χ0) is 18.9. The number of hydrazone groups is 1. The summed E-state index contributed by atoms with van der Waals surface area (Å²) in [6.07, 6.45) is 1.72. The third-order valence-corrected chi connectivity index (χ3v) is 3.92. The lowest BCUT2D eigenvalue weighted by Crippen LogP contribution is -2.02. The van der Waals surface area contributed by atoms with E-state index in [-0.39, 0.29) is 0 Å². The van der Waals surface area contributed by atoms with E-state index in [4.69, 9.17) is 14.2 Å². The number of nitrogens with one attached hydrogen (secondary N) is 1. The third-order valence-electron chi connectivity index (χ3n) is 3.92. The number of nitrogens with zero attached hydrogens (tertiary/aromatic N) is 1. The van der Waals surface area contributed by atoms with Crippen molar-refractivity contribution in [2.45, 2.75) is 6.61 Å². The molecule has 27 heavy (non-hydrogen) atoms. The number of hydrogen-bond donors (Lipinski definition) is 1. The van der Waals surface area contributed by atoms with Gasteiger partial charge in [0.25, 0.3) is 0 Å². The second-order valence-corrected chi connectivity index (χ2v) is 5.75. The fraction of sp³-hybridized carbons (Fsp3) is 0.136. The van der Waals surface area contributed by atoms with Crippen LogP contribution in [-0.4, -0.2) is 20.4 Å². The van der Waals surface area contributed by atoms with Gasteiger partial charge < -0.3 is 14.2 Å². The highest BCUT2D eigenvalue weighted by Gasteiger charge is 2.10. The van der Waals surface area contributed by atoms with Crippen molar-refractivity contribution in [2.75, 3.05) is 19.6 Å². The van der Waals surface area contributed by atoms with Crippen LogP contribution in [0.3, 0.4) is 0 Å². The average Bonchev–Trinajstić information content (AvgIpc) is 2.73. The Bertz CT molecular complexity index is 895. The number of para-hydroxylation sites is 2. The summed E-state index contributed by atoms with van der Waals surface area (Å²) in [7, 11) is 3.27. The quantitative estimate of drug-likeness (QED) is 0.465. The van der Waals surface area contributed by atoms with Gasteiger partial charge in [-0.1, -0.05) is 36.4 Å². The van der Waals surface area contributed by atoms with Gasteiger partial charge in [0.05, 0.1) is 26.1 Å². The lowest BCUT2D eigenvalue weighted by molar-refractivity contribution is 0.283. The van der Waals surface area contributed by atoms with Crippen LogP contribution in [0.15, 0.2) is 77.9 Å². The summed E-state index contributed by atoms with van der Waals surface area (Å²) in [5.41, 5.74) is 5.74. The number of rotatable bonds is 8. The normalized spacial score (nSPS) is 10.6. The molecule has 0 spiro atoms. The fourth-order valence-electron chi connectivity index (χ4n) is 2.56. The number of hydrogen-bond acceptors (Lipinski definition) is 5. The van der Waals surface area contributed by atoms with E-state index in [0.29, 0.717) is 18.1 Å². The average molecular weight is 362 g/mol. The summed E-state index contributed by atoms with van der Waals surface area (Å²) in [4.78, 5) is 0. The Hall–Kier alpha value is -3.47. The summed E-state index contributed by atoms with van der Waals surface area (Å²) in [5, 5.41) is 4.30. The Morgan fingerprint density at radius 3 is 2.48 bits per heavy atom. The van der Waals surface area contributed by atoms with Crippen molar-refractivity contribution in [3.05, 3.63) is 83.9 Å². The standard InChI is InChI=1S/C22H22N2O3/c1-25-20-12-6-8-17(14-20)16-27-22-18(9-7-13-21(22)26-2)15-23-24-19-10-4-3-5-11-19/h3-15,24H,16H2,1-2H3. The van der Waals surface area contributed by atoms with E-state index in [9.17, 15) is 0 Å². The van der Waals surface area contributed by atoms with Crippen molar-refractivity contribution in [1.29, 1.82) is 0 Å². The van der Waals surface area contributed by atoms with Crippen LogP contribution < -0.4 is 19.6 Å². The van der Waals surface area contributed by atoms with Gasteiger partial charge in [0.15, 0.2) is 11.5 Å². The van der Waals surface area contributed by atoms with E-state index in [1.165, 1.54) is 0 Å². The molecule has 0 heterocycles. The molecule has 0 saturated heterocycles. The molecule has 0 fully saturated rings. The second-order valence-electron chi connectivity index (χ2n) is 5.75. The third kappa shape index (κ3) is 5.01. The molecule has 0 aromatic heterocycles. The molecule has 0 bridgehead atoms. The first-order valence-corrected chi connectivity index (χ1v) is 8.57. The molecule has 1 N–H and O–H groups in total. The van der Waals surface area contributed by atoms with Crippen LogP contribution in [0.25, 0.3) is 0 Å². The molecule has 0 aliphatic rings. The van der Waals surface area contributed by atoms with Crippen molar-refractivity contribution in [3.63, 3.8) is 0 Å². The van der Waals surface area contributed by atoms with Crippen LogP contribution in [0.2, 0.25) is 0 Å². The summed E-state index contributed by atoms with van der Waals surface area (Å²) in [6.45, 7) is 0.393. The maximum Gasteiger partial charge on any atom is 0.170 e. The lowest BCUT2D eigenvalue weighted by Gasteiger charge is -2.13. The Kier molecular flexibility index (Phi) is 6.30. The fourth-order valence-corrected chi connectivity index (χ4v) is 2.56. The molecule has 5 nitrogen and oxygen atoms in total. The minimum atomic E-state index is 0.393. The lowest BCUT2D eigenvalue weighted by atomic mass is 10.2. The molecule has 0 saturated carbocycles. The smallest absolute Gasteiger partial charge is 0.170 e. The van der Waals surface area contributed by atoms with Gasteiger partial charge in [-0.2, -0.15) is 5.10 Å². The largest absolute Gasteiger partial charge is 0.497 e. The van der Waals surface area contributed by atoms with Crippen molar-refractivity contribution >= 4 is 11.9 Å². The molecule has 138 valence electrons. The Morgan fingerprint density at radius 2 is 1.70 bits per heavy atom. The van der Waals surface area contributed by atoms with Gasteiger partial charge in [0.1, 0.15) is 12.4 Å². The summed E-state index contributed by atoms with van der Waals surface area (Å²) < 4.78 is 16.8. The highest BCUT2D eigenvalue weighted by Crippen LogP contribution is 2.31. The van der Waals surface area contributed by atoms with Crippen LogP contribution >= 0.6 is 0 Å². The number of anilines is 1. The van der Waals surface area contributed by atoms with E-state index in [1.54, 1.807) is 20.4 Å². The van der Waals surface area contributed by atoms with Crippen molar-refractivity contribution in [1.82, 2.24) is 0 Å². The second kappa shape index (κ2) is 9.29. The van der Waals surface area contributed by atoms with Gasteiger partial charge in [0, 0.05) is 5.56 Å². The summed E-state index contributed by atoms with van der Waals surface area (Å²) in [5.74, 6) is 2.09. The molecule has 0 atom stereocenters. The van der Waals surface area contributed by atoms with E-state index in [1.807, 2.05) is 72.8 Å². The predicted octanol–water partition coefficient (Wildman–Crippen LogP) is 4.73. The van der Waals surface area contributed by atoms with Gasteiger partial charge in [-0.25, -0.2) is 0 Å². The predicted molar refractivity (Wildman–Crippen MR) is 108 cm³/mol. The van der Waals surface area contributed by atoms with Gasteiger partial charge in [-0.15, -0.1) is 0 Å². The Labute approximate surface area is 159 Å². The van der Waals surface area contributed by atoms with Crippen LogP contribution in [0.4, 0.5) is 5.69 Å². The van der Waals surface area contributed by atoms with Crippen molar-refractivity contribution < 1.29 is 14.2 Å². The molecule has 0 radical (unpaired) electrons. The first-order valence-electron chi connectivity index (χ1n) is 8.57. The van der Waals surface area contributed by atoms with E-state index in [2.05, 4.69) is 10.5 Å². The molecule has 0 amide bonds. The molecular formula is C22H22N2O3. The number of benzene rings is 3. The molecular weight excluding hydrogens is 340 g/mol. The minimum absolute atomic E-state index is 0.393. The molecule has 3 aromatic rings. The molecule has 0 unspecified atom stereocenters. The van der Waals surface area contributed by atoms with Crippen LogP contribution in [-0.2, 0) is 6.61 Å². The molecule has 3 aromatic carbocycles. The zero-order valence-electron chi connectivity index (χ0n) is 15.4. The van der Waals surface area contributed by atoms with Crippen molar-refractivity contribution in [2.24, 2.45) is 5.10 Å². The number of ether oxygens (including phenoxy) is 3. The van der Waals surface area contributed by atoms with Gasteiger partial charge in [0.2, 0.25) is 0 Å². The highest BCUT2D eigenvalue weighted by atomic mass is 16.5. The van der Waals surface area contributed by atoms with Gasteiger partial charge >= 0.3 is 0 Å². The molecule has 3 rings (SSSR count). The van der Waals surface area contributed by atoms with E-state index < -0.39 is 0 Å². The van der Waals surface area contributed by atoms with Crippen molar-refractivity contribution in [3.8, 4) is 17.2 Å². The number of methoxy groups -OCH3 is 2. The van der Waals surface area contributed by atoms with E-state index in [0.717, 1.165) is 22.6 Å². The first-order chi connectivity index (χ1) is 13.3. The van der Waals surface area contributed by atoms with Crippen LogP contribution in [0.1, 0.15) is 11.1 Å². The Morgan fingerprint density at radius 1 is 0.889 bits per heavy atom. The van der Waals surface area contributed by atoms with Crippen LogP contribution in [0.5, 0.6) is 17.2 Å². The Balaban J connectivity index is 1.76. The maximum absolute atomic E-state index is 6.05. The topological polar surface area (TPSA) is 52.1 Å². The summed E-state index contributed by atoms with van der Waals surface area (Å²) in [6, 6.07) is 23.2. The molecule has 5 heteroatoms. The first kappa shape index (κ1) is 18.3. The van der Waals surface area contributed by atoms with Gasteiger partial charge in [-0.05, 0) is 42.0 Å².